The van der Waals surface area contributed by atoms with Crippen molar-refractivity contribution in [3.8, 4) is 74.0 Å². The number of nitrogens with zero attached hydrogens (tertiary/aromatic N) is 18. The van der Waals surface area contributed by atoms with Gasteiger partial charge in [-0.25, -0.2) is 0 Å². The van der Waals surface area contributed by atoms with Crippen LogP contribution < -0.4 is 0 Å². The van der Waals surface area contributed by atoms with Crippen LogP contribution in [-0.2, 0) is 33.5 Å². The number of hydrogen-bond acceptors (Lipinski definition) is 21. The minimum absolute atomic E-state index is 0. The molecule has 21 nitrogen and oxygen atoms in total. The summed E-state index contributed by atoms with van der Waals surface area (Å²) in [7, 11) is 0. The third kappa shape index (κ3) is 6.59. The summed E-state index contributed by atoms with van der Waals surface area (Å²) >= 11 is -20.0. The average molecular weight is 757 g/mol. The normalized spacial score (nSPS) is 12.8. The predicted octanol–water partition coefficient (Wildman–Crippen LogP) is -1.05. The van der Waals surface area contributed by atoms with Gasteiger partial charge >= 0.3 is 368 Å². The maximum atomic E-state index is 10.3. The van der Waals surface area contributed by atoms with Crippen LogP contribution in [0.15, 0.2) is 12.5 Å². The maximum absolute atomic E-state index is 10.3. The average Bonchev–Trinajstić information content (AvgIpc) is 3.06. The Bertz CT molecular complexity index is 1420. The van der Waals surface area contributed by atoms with Crippen LogP contribution in [0.5, 0.6) is 0 Å². The molecule has 0 spiro atoms. The number of rotatable bonds is 3. The molecular weight excluding hydrogens is 754 g/mol. The molecule has 0 aliphatic heterocycles. The summed E-state index contributed by atoms with van der Waals surface area (Å²) in [6.07, 6.45) is 0. The third-order valence-electron chi connectivity index (χ3n) is 3.91. The second-order valence-electron chi connectivity index (χ2n) is 6.02. The van der Waals surface area contributed by atoms with Crippen molar-refractivity contribution < 1.29 is 33.5 Å². The SMILES string of the molecule is N#[C][Cr]([C]#N)([C]#N)([C]#N)([C]#N)[N]=O.N#[C][Cr]([C]#N)([C]#N)([C]#N)([C]#N)[N]=O.N#[C][Cr]([C]#N)([C]#N)([C]#N)([C]#N)[N]=O.[KH].[KH].[KH]. The van der Waals surface area contributed by atoms with Gasteiger partial charge in [-0.05, 0) is 0 Å². The molecule has 0 aromatic rings. The van der Waals surface area contributed by atoms with Gasteiger partial charge in [0.05, 0.1) is 0 Å². The van der Waals surface area contributed by atoms with Gasteiger partial charge in [0.15, 0.2) is 0 Å². The fraction of sp³-hybridized carbons (Fsp3) is 0. The van der Waals surface area contributed by atoms with Crippen LogP contribution in [0.2, 0.25) is 0 Å². The van der Waals surface area contributed by atoms with Crippen molar-refractivity contribution in [2.45, 2.75) is 0 Å². The molecule has 0 saturated heterocycles. The Balaban J connectivity index is -0.000000112. The topological polar surface area (TPSA) is 445 Å². The van der Waals surface area contributed by atoms with Gasteiger partial charge in [-0.2, -0.15) is 0 Å². The monoisotopic (exact) mass is 756 g/mol. The van der Waals surface area contributed by atoms with Crippen molar-refractivity contribution in [1.29, 1.82) is 78.9 Å². The molecule has 42 heavy (non-hydrogen) atoms. The van der Waals surface area contributed by atoms with E-state index >= 15 is 0 Å². The molecule has 0 aliphatic rings. The number of nitriles is 15. The Kier molecular flexibility index (Phi) is 18.6. The summed E-state index contributed by atoms with van der Waals surface area (Å²) in [4.78, 5) is 45.0. The van der Waals surface area contributed by atoms with Crippen molar-refractivity contribution in [3.05, 3.63) is 14.7 Å². The van der Waals surface area contributed by atoms with E-state index in [1.165, 1.54) is 0 Å². The molecule has 0 radical (unpaired) electrons. The summed E-state index contributed by atoms with van der Waals surface area (Å²) in [5, 5.41) is 128. The molecule has 0 saturated carbocycles. The number of nitroso groups, excluding NO2 is 3. The van der Waals surface area contributed by atoms with Gasteiger partial charge in [-0.3, -0.25) is 0 Å². The van der Waals surface area contributed by atoms with Gasteiger partial charge in [0.25, 0.3) is 0 Å². The van der Waals surface area contributed by atoms with Gasteiger partial charge < -0.3 is 0 Å². The molecule has 0 aromatic carbocycles. The van der Waals surface area contributed by atoms with Crippen LogP contribution in [0.4, 0.5) is 0 Å². The molecular formula is C15H3Cr3K3N18O3. The van der Waals surface area contributed by atoms with E-state index in [-0.39, 0.29) is 154 Å². The summed E-state index contributed by atoms with van der Waals surface area (Å²) in [5.74, 6) is 0. The van der Waals surface area contributed by atoms with Crippen LogP contribution in [0, 0.1) is 168 Å². The van der Waals surface area contributed by atoms with Gasteiger partial charge in [-0.15, -0.1) is 0 Å². The molecule has 27 heteroatoms. The quantitative estimate of drug-likeness (QED) is 0.245. The van der Waals surface area contributed by atoms with E-state index in [1.54, 1.807) is 0 Å². The molecule has 0 unspecified atom stereocenters. The second-order valence-corrected chi connectivity index (χ2v) is 24.8. The molecule has 0 N–H and O–H groups in total. The van der Waals surface area contributed by atoms with Gasteiger partial charge in [0.2, 0.25) is 0 Å². The summed E-state index contributed by atoms with van der Waals surface area (Å²) in [6, 6.07) is 0. The molecule has 0 rings (SSSR count). The second kappa shape index (κ2) is 14.9. The van der Waals surface area contributed by atoms with E-state index in [9.17, 15) is 14.7 Å². The molecule has 0 fully saturated rings. The third-order valence-corrected chi connectivity index (χ3v) is 16.1. The van der Waals surface area contributed by atoms with E-state index in [1.807, 2.05) is 12.5 Å². The molecule has 0 aromatic heterocycles. The molecule has 0 aliphatic carbocycles. The Morgan fingerprint density at radius 2 is 0.333 bits per heavy atom. The summed E-state index contributed by atoms with van der Waals surface area (Å²) in [5.41, 5.74) is 0. The van der Waals surface area contributed by atoms with Crippen LogP contribution in [0.3, 0.4) is 0 Å². The van der Waals surface area contributed by atoms with Gasteiger partial charge in [0, 0.05) is 0 Å². The summed E-state index contributed by atoms with van der Waals surface area (Å²) < 4.78 is 5.96. The van der Waals surface area contributed by atoms with Crippen LogP contribution in [0.25, 0.3) is 0 Å². The predicted molar refractivity (Wildman–Crippen MR) is 123 cm³/mol. The Morgan fingerprint density at radius 1 is 0.262 bits per heavy atom. The van der Waals surface area contributed by atoms with Crippen molar-refractivity contribution in [2.24, 2.45) is 12.5 Å². The van der Waals surface area contributed by atoms with E-state index in [2.05, 4.69) is 0 Å². The minimum atomic E-state index is -6.67. The Hall–Kier alpha value is -2.34. The molecule has 0 amide bonds. The first kappa shape index (κ1) is 52.3. The zero-order valence-electron chi connectivity index (χ0n) is 18.0. The fourth-order valence-electron chi connectivity index (χ4n) is 0.862. The Morgan fingerprint density at radius 3 is 0.333 bits per heavy atom. The van der Waals surface area contributed by atoms with Gasteiger partial charge in [-0.1, -0.05) is 0 Å². The zero-order valence-corrected chi connectivity index (χ0v) is 21.8. The summed E-state index contributed by atoms with van der Waals surface area (Å²) in [6.45, 7) is 0. The Labute approximate surface area is 359 Å². The zero-order chi connectivity index (χ0) is 32.0. The standard InChI is InChI=1S/15CN.3Cr.3K.3NO.3H/c15*1-2;;;;;;;3*1-2;;;/q;;;;;;;;;;;;;;;3*+1;;;;3*-1;;;. The van der Waals surface area contributed by atoms with Crippen molar-refractivity contribution in [1.82, 2.24) is 0 Å². The molecule has 0 heterocycles. The first-order valence-corrected chi connectivity index (χ1v) is 18.8. The van der Waals surface area contributed by atoms with E-state index < -0.39 is 33.5 Å². The van der Waals surface area contributed by atoms with Crippen molar-refractivity contribution in [3.63, 3.8) is 0 Å². The first-order valence-electron chi connectivity index (χ1n) is 7.51. The van der Waals surface area contributed by atoms with Crippen molar-refractivity contribution >= 4 is 154 Å². The fourth-order valence-corrected chi connectivity index (χ4v) is 3.56. The number of hydrogen-bond donors (Lipinski definition) is 0. The van der Waals surface area contributed by atoms with Crippen LogP contribution in [-0.4, -0.2) is 154 Å². The molecule has 192 valence electrons. The molecule has 0 atom stereocenters. The van der Waals surface area contributed by atoms with Crippen molar-refractivity contribution in [2.75, 3.05) is 0 Å². The van der Waals surface area contributed by atoms with Crippen LogP contribution in [0.1, 0.15) is 0 Å². The first-order chi connectivity index (χ1) is 17.9. The van der Waals surface area contributed by atoms with E-state index in [4.69, 9.17) is 78.9 Å². The van der Waals surface area contributed by atoms with E-state index in [0.29, 0.717) is 0 Å². The van der Waals surface area contributed by atoms with Crippen LogP contribution >= 0.6 is 0 Å². The van der Waals surface area contributed by atoms with Gasteiger partial charge in [0.1, 0.15) is 0 Å². The van der Waals surface area contributed by atoms with E-state index in [0.717, 1.165) is 74.0 Å². The molecule has 0 bridgehead atoms.